The number of thioether (sulfide) groups is 1. The lowest BCUT2D eigenvalue weighted by molar-refractivity contribution is -0.188. The van der Waals surface area contributed by atoms with Crippen LogP contribution in [0.15, 0.2) is 9.72 Å². The molecule has 0 N–H and O–H groups in total. The highest BCUT2D eigenvalue weighted by Gasteiger charge is 2.45. The summed E-state index contributed by atoms with van der Waals surface area (Å²) in [6.07, 6.45) is 4.42. The normalized spacial score (nSPS) is 23.6. The van der Waals surface area contributed by atoms with Crippen molar-refractivity contribution in [3.8, 4) is 0 Å². The number of carbonyl (C=O) groups is 1. The Morgan fingerprint density at radius 3 is 3.04 bits per heavy atom. The van der Waals surface area contributed by atoms with Crippen LogP contribution in [0.4, 0.5) is 0 Å². The van der Waals surface area contributed by atoms with Gasteiger partial charge in [0.15, 0.2) is 0 Å². The molecule has 1 aromatic rings. The Hall–Kier alpha value is -0.630. The smallest absolute Gasteiger partial charge is 0.228 e. The molecule has 1 atom stereocenters. The van der Waals surface area contributed by atoms with E-state index in [0.29, 0.717) is 6.42 Å². The number of likely N-dealkylation sites (tertiary alicyclic amines) is 1. The van der Waals surface area contributed by atoms with Gasteiger partial charge >= 0.3 is 0 Å². The average molecular weight is 371 g/mol. The summed E-state index contributed by atoms with van der Waals surface area (Å²) in [5.74, 6) is 1.18. The fourth-order valence-electron chi connectivity index (χ4n) is 3.66. The monoisotopic (exact) mass is 370 g/mol. The second-order valence-electron chi connectivity index (χ2n) is 6.38. The summed E-state index contributed by atoms with van der Waals surface area (Å²) < 4.78 is 12.8. The molecule has 3 rings (SSSR count). The highest BCUT2D eigenvalue weighted by Crippen LogP contribution is 2.37. The molecule has 2 aliphatic heterocycles. The van der Waals surface area contributed by atoms with Crippen LogP contribution in [0, 0.1) is 0 Å². The number of carbonyl (C=O) groups excluding carboxylic acids is 1. The number of nitrogens with zero attached hydrogens (tertiary/aromatic N) is 2. The molecular formula is C17H26N2O3S2. The van der Waals surface area contributed by atoms with Crippen molar-refractivity contribution in [2.75, 3.05) is 32.6 Å². The first-order chi connectivity index (χ1) is 11.7. The summed E-state index contributed by atoms with van der Waals surface area (Å²) in [7, 11) is 1.77. The summed E-state index contributed by atoms with van der Waals surface area (Å²) in [6.45, 7) is 4.42. The van der Waals surface area contributed by atoms with Gasteiger partial charge in [0.25, 0.3) is 0 Å². The largest absolute Gasteiger partial charge is 0.378 e. The van der Waals surface area contributed by atoms with E-state index in [1.165, 1.54) is 0 Å². The number of aromatic nitrogens is 1. The first-order valence-electron chi connectivity index (χ1n) is 8.68. The number of methoxy groups -OCH3 is 1. The standard InChI is InChI=1S/C17H26N2O3S2/c1-3-23-16-18-13(12-24-16)11-15(20)19-8-6-17(7-9-19)14(21-2)5-4-10-22-17/h12,14H,3-11H2,1-2H3/t14-/m0/s1. The van der Waals surface area contributed by atoms with Crippen molar-refractivity contribution in [2.45, 2.75) is 55.1 Å². The molecular weight excluding hydrogens is 344 g/mol. The molecule has 0 saturated carbocycles. The van der Waals surface area contributed by atoms with Gasteiger partial charge in [-0.1, -0.05) is 18.7 Å². The van der Waals surface area contributed by atoms with E-state index in [1.807, 2.05) is 10.3 Å². The van der Waals surface area contributed by atoms with Crippen LogP contribution < -0.4 is 0 Å². The Morgan fingerprint density at radius 1 is 1.54 bits per heavy atom. The van der Waals surface area contributed by atoms with Gasteiger partial charge in [0, 0.05) is 32.2 Å². The average Bonchev–Trinajstić information content (AvgIpc) is 3.03. The van der Waals surface area contributed by atoms with Crippen molar-refractivity contribution in [2.24, 2.45) is 0 Å². The molecule has 0 aromatic carbocycles. The van der Waals surface area contributed by atoms with Gasteiger partial charge in [-0.2, -0.15) is 0 Å². The third-order valence-corrected chi connectivity index (χ3v) is 6.92. The van der Waals surface area contributed by atoms with Gasteiger partial charge in [0.2, 0.25) is 5.91 Å². The molecule has 5 nitrogen and oxygen atoms in total. The number of amides is 1. The van der Waals surface area contributed by atoms with Crippen LogP contribution in [0.5, 0.6) is 0 Å². The maximum absolute atomic E-state index is 12.6. The van der Waals surface area contributed by atoms with Crippen molar-refractivity contribution in [1.82, 2.24) is 9.88 Å². The number of hydrogen-bond acceptors (Lipinski definition) is 6. The molecule has 7 heteroatoms. The zero-order chi connectivity index (χ0) is 17.0. The topological polar surface area (TPSA) is 51.7 Å². The predicted octanol–water partition coefficient (Wildman–Crippen LogP) is 2.98. The molecule has 0 unspecified atom stereocenters. The van der Waals surface area contributed by atoms with Gasteiger partial charge in [0.1, 0.15) is 4.34 Å². The van der Waals surface area contributed by atoms with Gasteiger partial charge in [-0.3, -0.25) is 4.79 Å². The van der Waals surface area contributed by atoms with E-state index in [0.717, 1.165) is 61.2 Å². The molecule has 1 aromatic heterocycles. The number of rotatable bonds is 5. The number of ether oxygens (including phenoxy) is 2. The molecule has 2 saturated heterocycles. The molecule has 1 amide bonds. The van der Waals surface area contributed by atoms with E-state index in [9.17, 15) is 4.79 Å². The highest BCUT2D eigenvalue weighted by molar-refractivity contribution is 8.00. The minimum Gasteiger partial charge on any atom is -0.378 e. The van der Waals surface area contributed by atoms with E-state index in [4.69, 9.17) is 9.47 Å². The zero-order valence-electron chi connectivity index (χ0n) is 14.5. The lowest BCUT2D eigenvalue weighted by atomic mass is 9.81. The third kappa shape index (κ3) is 3.95. The Bertz CT molecular complexity index is 556. The Morgan fingerprint density at radius 2 is 2.33 bits per heavy atom. The Kier molecular flexibility index (Phi) is 6.18. The molecule has 2 fully saturated rings. The SMILES string of the molecule is CCSc1nc(CC(=O)N2CCC3(CC2)OCCC[C@@H]3OC)cs1. The van der Waals surface area contributed by atoms with Crippen LogP contribution in [0.1, 0.15) is 38.3 Å². The van der Waals surface area contributed by atoms with Crippen molar-refractivity contribution in [3.05, 3.63) is 11.1 Å². The van der Waals surface area contributed by atoms with Gasteiger partial charge < -0.3 is 14.4 Å². The van der Waals surface area contributed by atoms with Gasteiger partial charge in [-0.25, -0.2) is 4.98 Å². The fourth-order valence-corrected chi connectivity index (χ4v) is 5.40. The van der Waals surface area contributed by atoms with E-state index < -0.39 is 0 Å². The maximum atomic E-state index is 12.6. The number of piperidine rings is 1. The first-order valence-corrected chi connectivity index (χ1v) is 10.5. The zero-order valence-corrected chi connectivity index (χ0v) is 16.1. The summed E-state index contributed by atoms with van der Waals surface area (Å²) in [6, 6.07) is 0. The van der Waals surface area contributed by atoms with Crippen LogP contribution in [0.3, 0.4) is 0 Å². The van der Waals surface area contributed by atoms with Crippen molar-refractivity contribution >= 4 is 29.0 Å². The Labute approximate surface area is 152 Å². The van der Waals surface area contributed by atoms with Crippen LogP contribution in [-0.2, 0) is 20.7 Å². The van der Waals surface area contributed by atoms with E-state index in [1.54, 1.807) is 30.2 Å². The fraction of sp³-hybridized carbons (Fsp3) is 0.765. The predicted molar refractivity (Wildman–Crippen MR) is 96.7 cm³/mol. The maximum Gasteiger partial charge on any atom is 0.228 e. The molecule has 134 valence electrons. The lowest BCUT2D eigenvalue weighted by Gasteiger charge is -2.48. The molecule has 0 bridgehead atoms. The van der Waals surface area contributed by atoms with Crippen molar-refractivity contribution < 1.29 is 14.3 Å². The molecule has 0 radical (unpaired) electrons. The summed E-state index contributed by atoms with van der Waals surface area (Å²) in [4.78, 5) is 19.1. The molecule has 1 spiro atoms. The van der Waals surface area contributed by atoms with Gasteiger partial charge in [-0.05, 0) is 31.4 Å². The summed E-state index contributed by atoms with van der Waals surface area (Å²) >= 11 is 3.36. The number of thiazole rings is 1. The van der Waals surface area contributed by atoms with Crippen molar-refractivity contribution in [1.29, 1.82) is 0 Å². The van der Waals surface area contributed by atoms with Gasteiger partial charge in [-0.15, -0.1) is 11.3 Å². The van der Waals surface area contributed by atoms with Crippen molar-refractivity contribution in [3.63, 3.8) is 0 Å². The van der Waals surface area contributed by atoms with Gasteiger partial charge in [0.05, 0.1) is 23.8 Å². The summed E-state index contributed by atoms with van der Waals surface area (Å²) in [5, 5.41) is 2.01. The Balaban J connectivity index is 1.54. The second kappa shape index (κ2) is 8.17. The van der Waals surface area contributed by atoms with E-state index in [-0.39, 0.29) is 17.6 Å². The minimum atomic E-state index is -0.185. The highest BCUT2D eigenvalue weighted by atomic mass is 32.2. The summed E-state index contributed by atoms with van der Waals surface area (Å²) in [5.41, 5.74) is 0.708. The first kappa shape index (κ1) is 18.2. The van der Waals surface area contributed by atoms with E-state index in [2.05, 4.69) is 11.9 Å². The minimum absolute atomic E-state index is 0.163. The second-order valence-corrected chi connectivity index (χ2v) is 8.74. The number of hydrogen-bond donors (Lipinski definition) is 0. The quantitative estimate of drug-likeness (QED) is 0.746. The molecule has 0 aliphatic carbocycles. The third-order valence-electron chi connectivity index (χ3n) is 4.96. The van der Waals surface area contributed by atoms with Crippen LogP contribution in [-0.4, -0.2) is 60.1 Å². The van der Waals surface area contributed by atoms with E-state index >= 15 is 0 Å². The molecule has 24 heavy (non-hydrogen) atoms. The van der Waals surface area contributed by atoms with Crippen LogP contribution in [0.2, 0.25) is 0 Å². The lowest BCUT2D eigenvalue weighted by Crippen LogP contribution is -2.56. The molecule has 3 heterocycles. The van der Waals surface area contributed by atoms with Crippen LogP contribution in [0.25, 0.3) is 0 Å². The molecule has 2 aliphatic rings. The van der Waals surface area contributed by atoms with Crippen LogP contribution >= 0.6 is 23.1 Å².